The Bertz CT molecular complexity index is 571. The zero-order valence-corrected chi connectivity index (χ0v) is 12.3. The van der Waals surface area contributed by atoms with Crippen LogP contribution in [0.3, 0.4) is 0 Å². The van der Waals surface area contributed by atoms with Crippen LogP contribution < -0.4 is 5.32 Å². The molecule has 0 aromatic carbocycles. The first-order chi connectivity index (χ1) is 9.79. The summed E-state index contributed by atoms with van der Waals surface area (Å²) in [5, 5.41) is 3.41. The van der Waals surface area contributed by atoms with Crippen molar-refractivity contribution in [3.05, 3.63) is 41.6 Å². The maximum Gasteiger partial charge on any atom is 0.138 e. The van der Waals surface area contributed by atoms with Crippen molar-refractivity contribution in [3.63, 3.8) is 0 Å². The van der Waals surface area contributed by atoms with E-state index in [-0.39, 0.29) is 0 Å². The van der Waals surface area contributed by atoms with E-state index in [1.165, 1.54) is 29.8 Å². The molecule has 0 spiro atoms. The summed E-state index contributed by atoms with van der Waals surface area (Å²) in [5.74, 6) is 0.980. The zero-order chi connectivity index (χ0) is 13.9. The summed E-state index contributed by atoms with van der Waals surface area (Å²) in [6.07, 6.45) is 8.64. The van der Waals surface area contributed by atoms with Gasteiger partial charge in [0, 0.05) is 17.9 Å². The van der Waals surface area contributed by atoms with Crippen molar-refractivity contribution in [2.45, 2.75) is 45.6 Å². The molecule has 4 nitrogen and oxygen atoms in total. The summed E-state index contributed by atoms with van der Waals surface area (Å²) >= 11 is 0. The topological polar surface area (TPSA) is 42.7 Å². The fourth-order valence-electron chi connectivity index (χ4n) is 2.89. The lowest BCUT2D eigenvalue weighted by atomic mass is 10.0. The van der Waals surface area contributed by atoms with E-state index < -0.39 is 0 Å². The van der Waals surface area contributed by atoms with Gasteiger partial charge in [0.1, 0.15) is 12.1 Å². The maximum atomic E-state index is 4.62. The van der Waals surface area contributed by atoms with Gasteiger partial charge < -0.3 is 5.32 Å². The van der Waals surface area contributed by atoms with Gasteiger partial charge in [-0.1, -0.05) is 13.0 Å². The van der Waals surface area contributed by atoms with Crippen LogP contribution >= 0.6 is 0 Å². The predicted octanol–water partition coefficient (Wildman–Crippen LogP) is 2.82. The van der Waals surface area contributed by atoms with Crippen molar-refractivity contribution in [2.75, 3.05) is 6.54 Å². The molecule has 2 heterocycles. The number of aromatic nitrogens is 3. The molecular formula is C16H22N4. The minimum Gasteiger partial charge on any atom is -0.310 e. The zero-order valence-electron chi connectivity index (χ0n) is 12.3. The Labute approximate surface area is 120 Å². The number of imidazole rings is 1. The monoisotopic (exact) mass is 270 g/mol. The van der Waals surface area contributed by atoms with Gasteiger partial charge >= 0.3 is 0 Å². The number of hydrogen-bond donors (Lipinski definition) is 1. The van der Waals surface area contributed by atoms with Crippen molar-refractivity contribution in [1.29, 1.82) is 0 Å². The molecule has 3 rings (SSSR count). The summed E-state index contributed by atoms with van der Waals surface area (Å²) in [6, 6.07) is 4.60. The van der Waals surface area contributed by atoms with Gasteiger partial charge in [-0.15, -0.1) is 0 Å². The summed E-state index contributed by atoms with van der Waals surface area (Å²) in [6.45, 7) is 5.26. The van der Waals surface area contributed by atoms with E-state index in [2.05, 4.69) is 45.8 Å². The first kappa shape index (κ1) is 13.3. The SMILES string of the molecule is CCNC(C)c1ccc(-n2cnc3c2CCCC3)nc1. The van der Waals surface area contributed by atoms with Crippen LogP contribution in [-0.4, -0.2) is 21.1 Å². The molecule has 20 heavy (non-hydrogen) atoms. The second-order valence-electron chi connectivity index (χ2n) is 5.44. The van der Waals surface area contributed by atoms with Gasteiger partial charge in [0.05, 0.1) is 5.69 Å². The highest BCUT2D eigenvalue weighted by Gasteiger charge is 2.16. The van der Waals surface area contributed by atoms with E-state index in [1.54, 1.807) is 0 Å². The van der Waals surface area contributed by atoms with Crippen LogP contribution in [0.2, 0.25) is 0 Å². The number of nitrogens with one attached hydrogen (secondary N) is 1. The quantitative estimate of drug-likeness (QED) is 0.929. The second-order valence-corrected chi connectivity index (χ2v) is 5.44. The fraction of sp³-hybridized carbons (Fsp3) is 0.500. The van der Waals surface area contributed by atoms with E-state index in [0.717, 1.165) is 25.2 Å². The second kappa shape index (κ2) is 5.75. The van der Waals surface area contributed by atoms with Crippen LogP contribution in [0.4, 0.5) is 0 Å². The van der Waals surface area contributed by atoms with Crippen molar-refractivity contribution < 1.29 is 0 Å². The fourth-order valence-corrected chi connectivity index (χ4v) is 2.89. The highest BCUT2D eigenvalue weighted by molar-refractivity contribution is 5.32. The third kappa shape index (κ3) is 2.48. The average molecular weight is 270 g/mol. The Morgan fingerprint density at radius 1 is 1.25 bits per heavy atom. The molecule has 0 amide bonds. The minimum absolute atomic E-state index is 0.346. The van der Waals surface area contributed by atoms with Gasteiger partial charge in [0.15, 0.2) is 0 Å². The lowest BCUT2D eigenvalue weighted by Crippen LogP contribution is -2.18. The first-order valence-electron chi connectivity index (χ1n) is 7.54. The molecule has 106 valence electrons. The largest absolute Gasteiger partial charge is 0.310 e. The molecule has 1 atom stereocenters. The molecule has 1 aliphatic carbocycles. The van der Waals surface area contributed by atoms with E-state index in [9.17, 15) is 0 Å². The Morgan fingerprint density at radius 2 is 2.10 bits per heavy atom. The Balaban J connectivity index is 1.86. The lowest BCUT2D eigenvalue weighted by Gasteiger charge is -2.15. The molecule has 0 saturated carbocycles. The molecule has 1 unspecified atom stereocenters. The maximum absolute atomic E-state index is 4.62. The minimum atomic E-state index is 0.346. The normalized spacial score (nSPS) is 15.9. The van der Waals surface area contributed by atoms with E-state index in [4.69, 9.17) is 0 Å². The van der Waals surface area contributed by atoms with Crippen LogP contribution in [0, 0.1) is 0 Å². The third-order valence-electron chi connectivity index (χ3n) is 4.06. The third-order valence-corrected chi connectivity index (χ3v) is 4.06. The highest BCUT2D eigenvalue weighted by Crippen LogP contribution is 2.22. The molecule has 4 heteroatoms. The lowest BCUT2D eigenvalue weighted by molar-refractivity contribution is 0.595. The molecule has 1 aliphatic rings. The summed E-state index contributed by atoms with van der Waals surface area (Å²) in [7, 11) is 0. The van der Waals surface area contributed by atoms with Crippen molar-refractivity contribution >= 4 is 0 Å². The molecule has 0 saturated heterocycles. The standard InChI is InChI=1S/C16H22N4/c1-3-17-12(2)13-8-9-16(18-10-13)20-11-19-14-6-4-5-7-15(14)20/h8-12,17H,3-7H2,1-2H3. The van der Waals surface area contributed by atoms with Gasteiger partial charge in [0.2, 0.25) is 0 Å². The van der Waals surface area contributed by atoms with Crippen LogP contribution in [0.25, 0.3) is 5.82 Å². The van der Waals surface area contributed by atoms with Gasteiger partial charge in [-0.3, -0.25) is 4.57 Å². The van der Waals surface area contributed by atoms with Crippen molar-refractivity contribution in [3.8, 4) is 5.82 Å². The molecule has 2 aromatic heterocycles. The van der Waals surface area contributed by atoms with E-state index in [0.29, 0.717) is 6.04 Å². The number of hydrogen-bond acceptors (Lipinski definition) is 3. The van der Waals surface area contributed by atoms with Crippen LogP contribution in [0.1, 0.15) is 49.7 Å². The van der Waals surface area contributed by atoms with Crippen molar-refractivity contribution in [1.82, 2.24) is 19.9 Å². The smallest absolute Gasteiger partial charge is 0.138 e. The first-order valence-corrected chi connectivity index (χ1v) is 7.54. The number of nitrogens with zero attached hydrogens (tertiary/aromatic N) is 3. The molecule has 1 N–H and O–H groups in total. The van der Waals surface area contributed by atoms with Crippen LogP contribution in [0.5, 0.6) is 0 Å². The summed E-state index contributed by atoms with van der Waals surface area (Å²) < 4.78 is 2.15. The van der Waals surface area contributed by atoms with Gasteiger partial charge in [-0.2, -0.15) is 0 Å². The number of pyridine rings is 1. The van der Waals surface area contributed by atoms with Crippen molar-refractivity contribution in [2.24, 2.45) is 0 Å². The summed E-state index contributed by atoms with van der Waals surface area (Å²) in [5.41, 5.74) is 3.82. The molecule has 0 bridgehead atoms. The van der Waals surface area contributed by atoms with Crippen LogP contribution in [0.15, 0.2) is 24.7 Å². The van der Waals surface area contributed by atoms with Gasteiger partial charge in [-0.05, 0) is 50.8 Å². The number of aryl methyl sites for hydroxylation is 1. The Hall–Kier alpha value is -1.68. The number of rotatable bonds is 4. The predicted molar refractivity (Wildman–Crippen MR) is 80.1 cm³/mol. The molecular weight excluding hydrogens is 248 g/mol. The highest BCUT2D eigenvalue weighted by atomic mass is 15.1. The summed E-state index contributed by atoms with van der Waals surface area (Å²) in [4.78, 5) is 9.15. The van der Waals surface area contributed by atoms with Gasteiger partial charge in [0.25, 0.3) is 0 Å². The molecule has 0 aliphatic heterocycles. The van der Waals surface area contributed by atoms with Crippen LogP contribution in [-0.2, 0) is 12.8 Å². The van der Waals surface area contributed by atoms with Gasteiger partial charge in [-0.25, -0.2) is 9.97 Å². The Kier molecular flexibility index (Phi) is 3.83. The molecule has 0 radical (unpaired) electrons. The molecule has 2 aromatic rings. The average Bonchev–Trinajstić information content (AvgIpc) is 2.92. The Morgan fingerprint density at radius 3 is 2.85 bits per heavy atom. The van der Waals surface area contributed by atoms with E-state index in [1.807, 2.05) is 12.5 Å². The number of fused-ring (bicyclic) bond motifs is 1. The molecule has 0 fully saturated rings. The van der Waals surface area contributed by atoms with E-state index >= 15 is 0 Å².